The number of hydrogen-bond acceptors (Lipinski definition) is 3. The van der Waals surface area contributed by atoms with Gasteiger partial charge in [-0.15, -0.1) is 11.3 Å². The maximum Gasteiger partial charge on any atom is 0.326 e. The molecule has 110 valence electrons. The molecule has 0 fully saturated rings. The highest BCUT2D eigenvalue weighted by atomic mass is 32.1. The lowest BCUT2D eigenvalue weighted by Crippen LogP contribution is -2.44. The summed E-state index contributed by atoms with van der Waals surface area (Å²) in [7, 11) is 0. The SMILES string of the molecule is CC(C)CC(NC(=O)C1CCCc2sccc21)C(=O)O. The molecule has 0 aromatic carbocycles. The molecule has 2 unspecified atom stereocenters. The number of fused-ring (bicyclic) bond motifs is 1. The molecular formula is C15H21NO3S. The lowest BCUT2D eigenvalue weighted by molar-refractivity contribution is -0.142. The molecule has 2 rings (SSSR count). The number of carbonyl (C=O) groups excluding carboxylic acids is 1. The minimum absolute atomic E-state index is 0.141. The number of thiophene rings is 1. The third-order valence-corrected chi connectivity index (χ3v) is 4.69. The second-order valence-electron chi connectivity index (χ2n) is 5.77. The smallest absolute Gasteiger partial charge is 0.326 e. The van der Waals surface area contributed by atoms with Gasteiger partial charge in [-0.05, 0) is 48.6 Å². The molecule has 4 nitrogen and oxygen atoms in total. The number of aryl methyl sites for hydroxylation is 1. The minimum atomic E-state index is -0.951. The number of carbonyl (C=O) groups is 2. The molecule has 1 amide bonds. The van der Waals surface area contributed by atoms with Crippen molar-refractivity contribution >= 4 is 23.2 Å². The van der Waals surface area contributed by atoms with Gasteiger partial charge in [0.15, 0.2) is 0 Å². The second kappa shape index (κ2) is 6.39. The summed E-state index contributed by atoms with van der Waals surface area (Å²) in [6.45, 7) is 3.92. The molecule has 2 atom stereocenters. The van der Waals surface area contributed by atoms with Crippen molar-refractivity contribution in [3.05, 3.63) is 21.9 Å². The quantitative estimate of drug-likeness (QED) is 0.878. The van der Waals surface area contributed by atoms with E-state index in [1.54, 1.807) is 11.3 Å². The van der Waals surface area contributed by atoms with Crippen molar-refractivity contribution in [2.75, 3.05) is 0 Å². The van der Waals surface area contributed by atoms with Crippen molar-refractivity contribution in [3.8, 4) is 0 Å². The largest absolute Gasteiger partial charge is 0.480 e. The fourth-order valence-electron chi connectivity index (χ4n) is 2.72. The molecule has 2 N–H and O–H groups in total. The van der Waals surface area contributed by atoms with Crippen LogP contribution in [0.5, 0.6) is 0 Å². The second-order valence-corrected chi connectivity index (χ2v) is 6.77. The number of carboxylic acids is 1. The van der Waals surface area contributed by atoms with Gasteiger partial charge in [-0.25, -0.2) is 4.79 Å². The molecule has 1 heterocycles. The Labute approximate surface area is 123 Å². The molecule has 1 aliphatic carbocycles. The van der Waals surface area contributed by atoms with Gasteiger partial charge in [0.1, 0.15) is 6.04 Å². The Kier molecular flexibility index (Phi) is 4.81. The summed E-state index contributed by atoms with van der Waals surface area (Å²) in [6, 6.07) is 1.22. The summed E-state index contributed by atoms with van der Waals surface area (Å²) >= 11 is 1.69. The van der Waals surface area contributed by atoms with Crippen molar-refractivity contribution in [2.24, 2.45) is 5.92 Å². The lowest BCUT2D eigenvalue weighted by Gasteiger charge is -2.24. The van der Waals surface area contributed by atoms with Crippen molar-refractivity contribution in [2.45, 2.75) is 51.5 Å². The van der Waals surface area contributed by atoms with Gasteiger partial charge in [-0.3, -0.25) is 4.79 Å². The summed E-state index contributed by atoms with van der Waals surface area (Å²) in [5.41, 5.74) is 1.09. The maximum absolute atomic E-state index is 12.4. The van der Waals surface area contributed by atoms with Crippen LogP contribution in [0, 0.1) is 5.92 Å². The molecule has 1 aliphatic rings. The zero-order chi connectivity index (χ0) is 14.7. The minimum Gasteiger partial charge on any atom is -0.480 e. The number of hydrogen-bond donors (Lipinski definition) is 2. The zero-order valence-electron chi connectivity index (χ0n) is 11.9. The van der Waals surface area contributed by atoms with Crippen LogP contribution in [0.2, 0.25) is 0 Å². The van der Waals surface area contributed by atoms with E-state index in [9.17, 15) is 14.7 Å². The van der Waals surface area contributed by atoms with Crippen LogP contribution in [-0.2, 0) is 16.0 Å². The fourth-order valence-corrected chi connectivity index (χ4v) is 3.71. The van der Waals surface area contributed by atoms with Gasteiger partial charge in [0.2, 0.25) is 5.91 Å². The van der Waals surface area contributed by atoms with Crippen LogP contribution < -0.4 is 5.32 Å². The van der Waals surface area contributed by atoms with Crippen LogP contribution in [0.1, 0.15) is 49.5 Å². The third kappa shape index (κ3) is 3.39. The average molecular weight is 295 g/mol. The number of amides is 1. The Morgan fingerprint density at radius 3 is 2.90 bits per heavy atom. The predicted octanol–water partition coefficient (Wildman–Crippen LogP) is 2.78. The first-order valence-corrected chi connectivity index (χ1v) is 7.96. The van der Waals surface area contributed by atoms with Gasteiger partial charge in [0, 0.05) is 4.88 Å². The summed E-state index contributed by atoms with van der Waals surface area (Å²) in [5.74, 6) is -1.04. The van der Waals surface area contributed by atoms with E-state index in [2.05, 4.69) is 5.32 Å². The van der Waals surface area contributed by atoms with Crippen LogP contribution in [0.15, 0.2) is 11.4 Å². The summed E-state index contributed by atoms with van der Waals surface area (Å²) in [6.07, 6.45) is 3.30. The van der Waals surface area contributed by atoms with Crippen LogP contribution in [0.3, 0.4) is 0 Å². The monoisotopic (exact) mass is 295 g/mol. The van der Waals surface area contributed by atoms with Gasteiger partial charge < -0.3 is 10.4 Å². The van der Waals surface area contributed by atoms with Crippen molar-refractivity contribution < 1.29 is 14.7 Å². The number of aliphatic carboxylic acids is 1. The van der Waals surface area contributed by atoms with E-state index in [0.717, 1.165) is 24.8 Å². The highest BCUT2D eigenvalue weighted by Gasteiger charge is 2.30. The van der Waals surface area contributed by atoms with Crippen LogP contribution in [0.4, 0.5) is 0 Å². The topological polar surface area (TPSA) is 66.4 Å². The third-order valence-electron chi connectivity index (χ3n) is 3.69. The van der Waals surface area contributed by atoms with Gasteiger partial charge in [-0.1, -0.05) is 13.8 Å². The van der Waals surface area contributed by atoms with Gasteiger partial charge in [0.05, 0.1) is 5.92 Å². The molecule has 20 heavy (non-hydrogen) atoms. The Bertz CT molecular complexity index is 495. The first-order chi connectivity index (χ1) is 9.49. The summed E-state index contributed by atoms with van der Waals surface area (Å²) < 4.78 is 0. The zero-order valence-corrected chi connectivity index (χ0v) is 12.7. The predicted molar refractivity (Wildman–Crippen MR) is 79.0 cm³/mol. The van der Waals surface area contributed by atoms with Crippen molar-refractivity contribution in [3.63, 3.8) is 0 Å². The fraction of sp³-hybridized carbons (Fsp3) is 0.600. The molecule has 0 saturated carbocycles. The van der Waals surface area contributed by atoms with E-state index in [4.69, 9.17) is 0 Å². The number of rotatable bonds is 5. The molecule has 5 heteroatoms. The Morgan fingerprint density at radius 1 is 1.50 bits per heavy atom. The molecule has 0 aliphatic heterocycles. The average Bonchev–Trinajstić information content (AvgIpc) is 2.84. The Hall–Kier alpha value is -1.36. The van der Waals surface area contributed by atoms with Crippen LogP contribution in [-0.4, -0.2) is 23.0 Å². The standard InChI is InChI=1S/C15H21NO3S/c1-9(2)8-12(15(18)19)16-14(17)11-4-3-5-13-10(11)6-7-20-13/h6-7,9,11-12H,3-5,8H2,1-2H3,(H,16,17)(H,18,19). The first-order valence-electron chi connectivity index (χ1n) is 7.08. The van der Waals surface area contributed by atoms with E-state index >= 15 is 0 Å². The van der Waals surface area contributed by atoms with E-state index in [1.165, 1.54) is 4.88 Å². The van der Waals surface area contributed by atoms with E-state index in [-0.39, 0.29) is 17.7 Å². The first kappa shape index (κ1) is 15.0. The molecule has 0 saturated heterocycles. The summed E-state index contributed by atoms with van der Waals surface area (Å²) in [4.78, 5) is 24.9. The normalized spacial score (nSPS) is 19.4. The number of nitrogens with one attached hydrogen (secondary N) is 1. The Morgan fingerprint density at radius 2 is 2.25 bits per heavy atom. The lowest BCUT2D eigenvalue weighted by atomic mass is 9.87. The molecule has 1 aromatic rings. The molecule has 0 radical (unpaired) electrons. The van der Waals surface area contributed by atoms with Gasteiger partial charge >= 0.3 is 5.97 Å². The molecule has 0 spiro atoms. The maximum atomic E-state index is 12.4. The Balaban J connectivity index is 2.07. The molecule has 0 bridgehead atoms. The van der Waals surface area contributed by atoms with E-state index < -0.39 is 12.0 Å². The number of carboxylic acid groups (broad SMARTS) is 1. The van der Waals surface area contributed by atoms with Crippen LogP contribution in [0.25, 0.3) is 0 Å². The highest BCUT2D eigenvalue weighted by molar-refractivity contribution is 7.10. The van der Waals surface area contributed by atoms with Crippen LogP contribution >= 0.6 is 11.3 Å². The van der Waals surface area contributed by atoms with Gasteiger partial charge in [0.25, 0.3) is 0 Å². The highest BCUT2D eigenvalue weighted by Crippen LogP contribution is 2.35. The van der Waals surface area contributed by atoms with Crippen molar-refractivity contribution in [1.29, 1.82) is 0 Å². The van der Waals surface area contributed by atoms with Crippen molar-refractivity contribution in [1.82, 2.24) is 5.32 Å². The summed E-state index contributed by atoms with van der Waals surface area (Å²) in [5, 5.41) is 13.9. The molecule has 1 aromatic heterocycles. The van der Waals surface area contributed by atoms with Gasteiger partial charge in [-0.2, -0.15) is 0 Å². The van der Waals surface area contributed by atoms with E-state index in [0.29, 0.717) is 6.42 Å². The molecular weight excluding hydrogens is 274 g/mol. The van der Waals surface area contributed by atoms with E-state index in [1.807, 2.05) is 25.3 Å².